The van der Waals surface area contributed by atoms with Crippen molar-refractivity contribution in [1.29, 1.82) is 0 Å². The zero-order chi connectivity index (χ0) is 29.3. The van der Waals surface area contributed by atoms with Gasteiger partial charge in [0.2, 0.25) is 0 Å². The van der Waals surface area contributed by atoms with Gasteiger partial charge >= 0.3 is 12.1 Å². The molecule has 0 aromatic carbocycles. The summed E-state index contributed by atoms with van der Waals surface area (Å²) in [6.45, 7) is 10.1. The molecule has 1 aromatic heterocycles. The van der Waals surface area contributed by atoms with Crippen molar-refractivity contribution in [3.05, 3.63) is 66.0 Å². The molecule has 9 nitrogen and oxygen atoms in total. The molecule has 9 heteroatoms. The number of aliphatic hydroxyl groups is 2. The molecule has 40 heavy (non-hydrogen) atoms. The second-order valence-corrected chi connectivity index (χ2v) is 11.3. The third-order valence-corrected chi connectivity index (χ3v) is 7.68. The lowest BCUT2D eigenvalue weighted by atomic mass is 9.88. The van der Waals surface area contributed by atoms with Crippen LogP contribution in [0.1, 0.15) is 58.6 Å². The van der Waals surface area contributed by atoms with Crippen LogP contribution in [0.5, 0.6) is 0 Å². The van der Waals surface area contributed by atoms with Gasteiger partial charge in [0, 0.05) is 49.9 Å². The van der Waals surface area contributed by atoms with Gasteiger partial charge in [0.15, 0.2) is 6.10 Å². The average molecular weight is 556 g/mol. The maximum absolute atomic E-state index is 13.0. The summed E-state index contributed by atoms with van der Waals surface area (Å²) >= 11 is 0. The number of pyridine rings is 1. The van der Waals surface area contributed by atoms with Crippen LogP contribution in [-0.2, 0) is 14.3 Å². The molecule has 0 aliphatic carbocycles. The van der Waals surface area contributed by atoms with E-state index in [1.165, 1.54) is 0 Å². The van der Waals surface area contributed by atoms with Gasteiger partial charge in [-0.1, -0.05) is 44.2 Å². The van der Waals surface area contributed by atoms with Crippen molar-refractivity contribution in [3.8, 4) is 0 Å². The van der Waals surface area contributed by atoms with E-state index in [4.69, 9.17) is 9.47 Å². The summed E-state index contributed by atoms with van der Waals surface area (Å²) in [6.07, 6.45) is 8.23. The highest BCUT2D eigenvalue weighted by molar-refractivity contribution is 5.70. The molecule has 1 fully saturated rings. The van der Waals surface area contributed by atoms with Crippen molar-refractivity contribution in [2.75, 3.05) is 33.2 Å². The zero-order valence-electron chi connectivity index (χ0n) is 24.4. The standard InChI is InChI=1S/C31H45N3O6/c1-22(26-11-6-7-16-32-26)9-8-10-23(2)29-24(3)12-13-27(39-30(37)34-19-17-33(5)18-20-34)31(4,38)15-14-25(35)21-28(36)40-29/h6-13,16,22,24-25,27,29,35,38H,14-15,17-21H2,1-5H3/b9-8+,13-12+,23-10+/t22?,24-,25+,27-,29+,31+/m0/s1. The summed E-state index contributed by atoms with van der Waals surface area (Å²) in [7, 11) is 2.01. The Morgan fingerprint density at radius 3 is 2.65 bits per heavy atom. The summed E-state index contributed by atoms with van der Waals surface area (Å²) in [5, 5.41) is 21.8. The molecular weight excluding hydrogens is 510 g/mol. The number of aliphatic hydroxyl groups excluding tert-OH is 1. The second kappa shape index (κ2) is 14.6. The Hall–Kier alpha value is -3.01. The zero-order valence-corrected chi connectivity index (χ0v) is 24.4. The predicted molar refractivity (Wildman–Crippen MR) is 154 cm³/mol. The van der Waals surface area contributed by atoms with Crippen LogP contribution in [0.3, 0.4) is 0 Å². The number of aromatic nitrogens is 1. The number of rotatable bonds is 5. The Balaban J connectivity index is 1.81. The number of carbonyl (C=O) groups excluding carboxylic acids is 2. The van der Waals surface area contributed by atoms with Crippen LogP contribution >= 0.6 is 0 Å². The number of likely N-dealkylation sites (N-methyl/N-ethyl adjacent to an activating group) is 1. The minimum absolute atomic E-state index is 0.106. The molecule has 3 rings (SSSR count). The Morgan fingerprint density at radius 2 is 1.98 bits per heavy atom. The Labute approximate surface area is 238 Å². The molecule has 2 aliphatic heterocycles. The highest BCUT2D eigenvalue weighted by Gasteiger charge is 2.36. The minimum Gasteiger partial charge on any atom is -0.457 e. The number of nitrogens with zero attached hydrogens (tertiary/aromatic N) is 3. The minimum atomic E-state index is -1.44. The molecule has 2 aliphatic rings. The van der Waals surface area contributed by atoms with Crippen LogP contribution < -0.4 is 0 Å². The molecule has 1 amide bonds. The maximum atomic E-state index is 13.0. The monoisotopic (exact) mass is 555 g/mol. The highest BCUT2D eigenvalue weighted by atomic mass is 16.6. The van der Waals surface area contributed by atoms with E-state index in [1.807, 2.05) is 63.4 Å². The lowest BCUT2D eigenvalue weighted by molar-refractivity contribution is -0.151. The lowest BCUT2D eigenvalue weighted by Crippen LogP contribution is -2.50. The van der Waals surface area contributed by atoms with E-state index in [2.05, 4.69) is 16.8 Å². The molecule has 6 atom stereocenters. The first-order chi connectivity index (χ1) is 19.0. The Bertz CT molecular complexity index is 1060. The molecule has 0 radical (unpaired) electrons. The van der Waals surface area contributed by atoms with Crippen molar-refractivity contribution >= 4 is 12.1 Å². The number of ether oxygens (including phenoxy) is 2. The normalized spacial score (nSPS) is 31.1. The third-order valence-electron chi connectivity index (χ3n) is 7.68. The first-order valence-corrected chi connectivity index (χ1v) is 14.1. The molecule has 0 bridgehead atoms. The molecule has 1 unspecified atom stereocenters. The first kappa shape index (κ1) is 31.5. The fraction of sp³-hybridized carbons (Fsp3) is 0.581. The van der Waals surface area contributed by atoms with Gasteiger partial charge in [-0.3, -0.25) is 9.78 Å². The van der Waals surface area contributed by atoms with Gasteiger partial charge in [-0.05, 0) is 57.5 Å². The third kappa shape index (κ3) is 9.28. The molecular formula is C31H45N3O6. The quantitative estimate of drug-likeness (QED) is 0.320. The summed E-state index contributed by atoms with van der Waals surface area (Å²) in [4.78, 5) is 33.9. The number of allylic oxidation sites excluding steroid dienone is 3. The Kier molecular flexibility index (Phi) is 11.5. The van der Waals surface area contributed by atoms with E-state index < -0.39 is 36.0 Å². The molecule has 2 N–H and O–H groups in total. The van der Waals surface area contributed by atoms with Crippen LogP contribution in [0, 0.1) is 5.92 Å². The van der Waals surface area contributed by atoms with Crippen molar-refractivity contribution in [2.24, 2.45) is 5.92 Å². The van der Waals surface area contributed by atoms with E-state index in [0.717, 1.165) is 24.4 Å². The number of carbonyl (C=O) groups is 2. The predicted octanol–water partition coefficient (Wildman–Crippen LogP) is 3.84. The first-order valence-electron chi connectivity index (χ1n) is 14.1. The van der Waals surface area contributed by atoms with Gasteiger partial charge in [0.05, 0.1) is 12.5 Å². The second-order valence-electron chi connectivity index (χ2n) is 11.3. The van der Waals surface area contributed by atoms with E-state index in [-0.39, 0.29) is 31.1 Å². The number of amides is 1. The van der Waals surface area contributed by atoms with Gasteiger partial charge in [-0.15, -0.1) is 0 Å². The number of piperazine rings is 1. The van der Waals surface area contributed by atoms with Gasteiger partial charge in [0.1, 0.15) is 11.7 Å². The van der Waals surface area contributed by atoms with Crippen LogP contribution in [0.15, 0.2) is 60.3 Å². The van der Waals surface area contributed by atoms with E-state index in [1.54, 1.807) is 24.1 Å². The van der Waals surface area contributed by atoms with Crippen molar-refractivity contribution in [2.45, 2.75) is 76.8 Å². The molecule has 220 valence electrons. The van der Waals surface area contributed by atoms with Crippen molar-refractivity contribution in [3.63, 3.8) is 0 Å². The van der Waals surface area contributed by atoms with Crippen LogP contribution in [0.2, 0.25) is 0 Å². The van der Waals surface area contributed by atoms with Crippen LogP contribution in [0.4, 0.5) is 4.79 Å². The number of esters is 1. The number of hydrogen-bond acceptors (Lipinski definition) is 8. The largest absolute Gasteiger partial charge is 0.457 e. The summed E-state index contributed by atoms with van der Waals surface area (Å²) < 4.78 is 11.7. The lowest BCUT2D eigenvalue weighted by Gasteiger charge is -2.36. The van der Waals surface area contributed by atoms with Crippen molar-refractivity contribution < 1.29 is 29.3 Å². The molecule has 0 spiro atoms. The summed E-state index contributed by atoms with van der Waals surface area (Å²) in [6, 6.07) is 5.80. The van der Waals surface area contributed by atoms with Gasteiger partial charge in [-0.2, -0.15) is 0 Å². The van der Waals surface area contributed by atoms with Gasteiger partial charge in [-0.25, -0.2) is 4.79 Å². The summed E-state index contributed by atoms with van der Waals surface area (Å²) in [5.74, 6) is -0.692. The number of hydrogen-bond donors (Lipinski definition) is 2. The van der Waals surface area contributed by atoms with Crippen LogP contribution in [-0.4, -0.2) is 94.2 Å². The van der Waals surface area contributed by atoms with E-state index >= 15 is 0 Å². The fourth-order valence-electron chi connectivity index (χ4n) is 4.84. The SMILES string of the molecule is C/C(=C\C=C\C(C)c1ccccn1)[C@H]1OC(=O)C[C@H](O)CC[C@@](C)(O)[C@@H](OC(=O)N2CCN(C)CC2)/C=C/[C@@H]1C. The molecule has 3 heterocycles. The summed E-state index contributed by atoms with van der Waals surface area (Å²) in [5.41, 5.74) is 0.337. The van der Waals surface area contributed by atoms with E-state index in [9.17, 15) is 19.8 Å². The maximum Gasteiger partial charge on any atom is 0.410 e. The van der Waals surface area contributed by atoms with E-state index in [0.29, 0.717) is 13.1 Å². The van der Waals surface area contributed by atoms with Gasteiger partial charge in [0.25, 0.3) is 0 Å². The van der Waals surface area contributed by atoms with Gasteiger partial charge < -0.3 is 29.5 Å². The fourth-order valence-corrected chi connectivity index (χ4v) is 4.84. The molecule has 0 saturated carbocycles. The number of cyclic esters (lactones) is 1. The molecule has 1 saturated heterocycles. The Morgan fingerprint density at radius 1 is 1.25 bits per heavy atom. The van der Waals surface area contributed by atoms with Crippen molar-refractivity contribution in [1.82, 2.24) is 14.8 Å². The highest BCUT2D eigenvalue weighted by Crippen LogP contribution is 2.27. The molecule has 1 aromatic rings. The van der Waals surface area contributed by atoms with Crippen LogP contribution in [0.25, 0.3) is 0 Å². The smallest absolute Gasteiger partial charge is 0.410 e. The average Bonchev–Trinajstić information content (AvgIpc) is 2.92. The topological polar surface area (TPSA) is 112 Å².